The number of pyridine rings is 1. The number of carboxylic acid groups (broad SMARTS) is 1. The quantitative estimate of drug-likeness (QED) is 0.862. The number of carboxylic acids is 1. The lowest BCUT2D eigenvalue weighted by Crippen LogP contribution is -2.38. The van der Waals surface area contributed by atoms with E-state index in [9.17, 15) is 4.79 Å². The van der Waals surface area contributed by atoms with Crippen LogP contribution >= 0.6 is 0 Å². The molecule has 0 radical (unpaired) electrons. The van der Waals surface area contributed by atoms with E-state index in [1.54, 1.807) is 6.07 Å². The van der Waals surface area contributed by atoms with Gasteiger partial charge in [0.2, 0.25) is 5.88 Å². The lowest BCUT2D eigenvalue weighted by Gasteiger charge is -2.26. The van der Waals surface area contributed by atoms with Gasteiger partial charge in [0.15, 0.2) is 0 Å². The number of hydrogen-bond acceptors (Lipinski definition) is 4. The molecular weight excluding hydrogens is 222 g/mol. The van der Waals surface area contributed by atoms with E-state index in [0.717, 1.165) is 5.69 Å². The third-order valence-corrected chi connectivity index (χ3v) is 2.56. The summed E-state index contributed by atoms with van der Waals surface area (Å²) < 4.78 is 10.5. The van der Waals surface area contributed by atoms with Crippen LogP contribution in [0.5, 0.6) is 5.88 Å². The topological polar surface area (TPSA) is 68.7 Å². The number of carbonyl (C=O) groups is 1. The first-order valence-corrected chi connectivity index (χ1v) is 5.56. The zero-order chi connectivity index (χ0) is 12.4. The van der Waals surface area contributed by atoms with E-state index in [-0.39, 0.29) is 17.6 Å². The largest absolute Gasteiger partial charge is 0.478 e. The van der Waals surface area contributed by atoms with E-state index in [4.69, 9.17) is 14.6 Å². The Kier molecular flexibility index (Phi) is 3.28. The molecule has 92 valence electrons. The highest BCUT2D eigenvalue weighted by molar-refractivity contribution is 5.88. The Balaban J connectivity index is 2.26. The van der Waals surface area contributed by atoms with Gasteiger partial charge >= 0.3 is 5.97 Å². The van der Waals surface area contributed by atoms with Crippen LogP contribution in [-0.4, -0.2) is 35.4 Å². The summed E-state index contributed by atoms with van der Waals surface area (Å²) in [5.41, 5.74) is 0.930. The van der Waals surface area contributed by atoms with Crippen molar-refractivity contribution >= 4 is 5.97 Å². The summed E-state index contributed by atoms with van der Waals surface area (Å²) in [7, 11) is 0. The minimum Gasteiger partial charge on any atom is -0.478 e. The van der Waals surface area contributed by atoms with E-state index in [1.165, 1.54) is 6.07 Å². The summed E-state index contributed by atoms with van der Waals surface area (Å²) >= 11 is 0. The molecule has 1 saturated heterocycles. The second kappa shape index (κ2) is 4.71. The van der Waals surface area contributed by atoms with Gasteiger partial charge in [0.25, 0.3) is 0 Å². The molecule has 0 aliphatic carbocycles. The fourth-order valence-electron chi connectivity index (χ4n) is 1.46. The van der Waals surface area contributed by atoms with Gasteiger partial charge in [-0.3, -0.25) is 0 Å². The summed E-state index contributed by atoms with van der Waals surface area (Å²) in [6.07, 6.45) is -0.00782. The van der Waals surface area contributed by atoms with Crippen LogP contribution in [0, 0.1) is 0 Å². The zero-order valence-corrected chi connectivity index (χ0v) is 9.84. The summed E-state index contributed by atoms with van der Waals surface area (Å²) in [5.74, 6) is -0.444. The second-order valence-electron chi connectivity index (χ2n) is 4.36. The van der Waals surface area contributed by atoms with Crippen LogP contribution in [0.15, 0.2) is 12.1 Å². The Labute approximate surface area is 99.4 Å². The second-order valence-corrected chi connectivity index (χ2v) is 4.36. The van der Waals surface area contributed by atoms with E-state index < -0.39 is 5.97 Å². The molecule has 1 aliphatic heterocycles. The first kappa shape index (κ1) is 11.9. The minimum absolute atomic E-state index is 0.00782. The van der Waals surface area contributed by atoms with Crippen molar-refractivity contribution in [2.75, 3.05) is 13.2 Å². The molecule has 1 aromatic heterocycles. The number of ether oxygens (including phenoxy) is 2. The Morgan fingerprint density at radius 1 is 1.53 bits per heavy atom. The highest BCUT2D eigenvalue weighted by Gasteiger charge is 2.21. The maximum absolute atomic E-state index is 11.0. The molecule has 1 N–H and O–H groups in total. The molecule has 0 spiro atoms. The van der Waals surface area contributed by atoms with Gasteiger partial charge in [-0.1, -0.05) is 13.8 Å². The van der Waals surface area contributed by atoms with E-state index in [0.29, 0.717) is 19.1 Å². The fourth-order valence-corrected chi connectivity index (χ4v) is 1.46. The van der Waals surface area contributed by atoms with Crippen molar-refractivity contribution in [1.29, 1.82) is 0 Å². The standard InChI is InChI=1S/C12H15NO4/c1-7(2)10-3-8(12(14)15)4-11(13-10)17-9-5-16-6-9/h3-4,7,9H,5-6H2,1-2H3,(H,14,15). The molecule has 0 amide bonds. The molecule has 0 unspecified atom stereocenters. The van der Waals surface area contributed by atoms with Crippen LogP contribution in [0.1, 0.15) is 35.8 Å². The van der Waals surface area contributed by atoms with Crippen LogP contribution in [0.25, 0.3) is 0 Å². The Bertz CT molecular complexity index is 427. The van der Waals surface area contributed by atoms with Gasteiger partial charge in [0.1, 0.15) is 6.10 Å². The van der Waals surface area contributed by atoms with Crippen molar-refractivity contribution < 1.29 is 19.4 Å². The van der Waals surface area contributed by atoms with Gasteiger partial charge < -0.3 is 14.6 Å². The normalized spacial score (nSPS) is 15.7. The molecule has 1 fully saturated rings. The molecule has 0 atom stereocenters. The minimum atomic E-state index is -0.969. The lowest BCUT2D eigenvalue weighted by molar-refractivity contribution is -0.0814. The molecule has 17 heavy (non-hydrogen) atoms. The van der Waals surface area contributed by atoms with Crippen molar-refractivity contribution in [2.45, 2.75) is 25.9 Å². The predicted octanol–water partition coefficient (Wildman–Crippen LogP) is 1.68. The lowest BCUT2D eigenvalue weighted by atomic mass is 10.1. The molecular formula is C12H15NO4. The third kappa shape index (κ3) is 2.74. The van der Waals surface area contributed by atoms with Gasteiger partial charge in [0, 0.05) is 11.8 Å². The highest BCUT2D eigenvalue weighted by Crippen LogP contribution is 2.21. The summed E-state index contributed by atoms with van der Waals surface area (Å²) in [5, 5.41) is 9.01. The average molecular weight is 237 g/mol. The Morgan fingerprint density at radius 2 is 2.24 bits per heavy atom. The predicted molar refractivity (Wildman–Crippen MR) is 60.5 cm³/mol. The third-order valence-electron chi connectivity index (χ3n) is 2.56. The number of aromatic carboxylic acids is 1. The zero-order valence-electron chi connectivity index (χ0n) is 9.84. The van der Waals surface area contributed by atoms with Crippen molar-refractivity contribution in [3.63, 3.8) is 0 Å². The molecule has 2 rings (SSSR count). The molecule has 5 nitrogen and oxygen atoms in total. The Hall–Kier alpha value is -1.62. The van der Waals surface area contributed by atoms with Crippen LogP contribution in [0.4, 0.5) is 0 Å². The molecule has 0 bridgehead atoms. The summed E-state index contributed by atoms with van der Waals surface area (Å²) in [4.78, 5) is 15.3. The van der Waals surface area contributed by atoms with Gasteiger partial charge in [-0.15, -0.1) is 0 Å². The van der Waals surface area contributed by atoms with Crippen LogP contribution in [-0.2, 0) is 4.74 Å². The van der Waals surface area contributed by atoms with Crippen molar-refractivity contribution in [3.05, 3.63) is 23.4 Å². The van der Waals surface area contributed by atoms with Crippen molar-refractivity contribution in [1.82, 2.24) is 4.98 Å². The Morgan fingerprint density at radius 3 is 2.71 bits per heavy atom. The summed E-state index contributed by atoms with van der Waals surface area (Å²) in [6, 6.07) is 3.03. The fraction of sp³-hybridized carbons (Fsp3) is 0.500. The first-order chi connectivity index (χ1) is 8.06. The molecule has 0 saturated carbocycles. The van der Waals surface area contributed by atoms with Crippen LogP contribution in [0.2, 0.25) is 0 Å². The summed E-state index contributed by atoms with van der Waals surface area (Å²) in [6.45, 7) is 5.00. The van der Waals surface area contributed by atoms with E-state index in [1.807, 2.05) is 13.8 Å². The highest BCUT2D eigenvalue weighted by atomic mass is 16.6. The monoisotopic (exact) mass is 237 g/mol. The number of hydrogen-bond donors (Lipinski definition) is 1. The van der Waals surface area contributed by atoms with Crippen molar-refractivity contribution in [2.24, 2.45) is 0 Å². The van der Waals surface area contributed by atoms with Crippen LogP contribution in [0.3, 0.4) is 0 Å². The van der Waals surface area contributed by atoms with Gasteiger partial charge in [-0.25, -0.2) is 9.78 Å². The molecule has 0 aromatic carbocycles. The van der Waals surface area contributed by atoms with Gasteiger partial charge in [0.05, 0.1) is 18.8 Å². The van der Waals surface area contributed by atoms with Crippen molar-refractivity contribution in [3.8, 4) is 5.88 Å². The number of nitrogens with zero attached hydrogens (tertiary/aromatic N) is 1. The molecule has 1 aromatic rings. The number of aromatic nitrogens is 1. The van der Waals surface area contributed by atoms with Gasteiger partial charge in [-0.2, -0.15) is 0 Å². The molecule has 5 heteroatoms. The maximum atomic E-state index is 11.0. The van der Waals surface area contributed by atoms with Crippen LogP contribution < -0.4 is 4.74 Å². The smallest absolute Gasteiger partial charge is 0.335 e. The number of rotatable bonds is 4. The molecule has 2 heterocycles. The SMILES string of the molecule is CC(C)c1cc(C(=O)O)cc(OC2COC2)n1. The molecule has 1 aliphatic rings. The van der Waals surface area contributed by atoms with E-state index >= 15 is 0 Å². The average Bonchev–Trinajstić information content (AvgIpc) is 2.23. The maximum Gasteiger partial charge on any atom is 0.335 e. The van der Waals surface area contributed by atoms with Gasteiger partial charge in [-0.05, 0) is 12.0 Å². The van der Waals surface area contributed by atoms with E-state index in [2.05, 4.69) is 4.98 Å². The first-order valence-electron chi connectivity index (χ1n) is 5.56.